The van der Waals surface area contributed by atoms with Gasteiger partial charge in [0.25, 0.3) is 17.4 Å². The summed E-state index contributed by atoms with van der Waals surface area (Å²) in [6.07, 6.45) is 2.15. The number of rotatable bonds is 4. The monoisotopic (exact) mass is 329 g/mol. The zero-order chi connectivity index (χ0) is 15.0. The Morgan fingerprint density at radius 3 is 2.86 bits per heavy atom. The van der Waals surface area contributed by atoms with Crippen LogP contribution in [-0.2, 0) is 4.79 Å². The Balaban J connectivity index is 1.81. The maximum Gasteiger partial charge on any atom is 0.274 e. The number of carbonyl (C=O) groups excluding carboxylic acids is 1. The van der Waals surface area contributed by atoms with Gasteiger partial charge in [0.15, 0.2) is 5.82 Å². The second kappa shape index (κ2) is 5.61. The van der Waals surface area contributed by atoms with Crippen LogP contribution in [0.2, 0.25) is 5.02 Å². The molecule has 1 aliphatic rings. The molecule has 21 heavy (non-hydrogen) atoms. The van der Waals surface area contributed by atoms with E-state index in [1.807, 2.05) is 0 Å². The van der Waals surface area contributed by atoms with E-state index in [0.717, 1.165) is 12.8 Å². The van der Waals surface area contributed by atoms with Gasteiger partial charge in [-0.05, 0) is 31.0 Å². The molecule has 1 heterocycles. The molecule has 8 heteroatoms. The smallest absolute Gasteiger partial charge is 0.274 e. The van der Waals surface area contributed by atoms with Crippen molar-refractivity contribution in [2.45, 2.75) is 24.4 Å². The Morgan fingerprint density at radius 2 is 2.24 bits per heavy atom. The van der Waals surface area contributed by atoms with Gasteiger partial charge in [0.2, 0.25) is 0 Å². The summed E-state index contributed by atoms with van der Waals surface area (Å²) < 4.78 is 17.8. The average Bonchev–Trinajstić information content (AvgIpc) is 3.18. The molecule has 1 aromatic carbocycles. The van der Waals surface area contributed by atoms with Crippen molar-refractivity contribution >= 4 is 34.8 Å². The first-order valence-electron chi connectivity index (χ1n) is 6.27. The molecular formula is C13H10Cl2FN3O2. The van der Waals surface area contributed by atoms with Crippen molar-refractivity contribution in [2.24, 2.45) is 0 Å². The summed E-state index contributed by atoms with van der Waals surface area (Å²) in [5.74, 6) is 0.472. The molecule has 0 saturated heterocycles. The average molecular weight is 330 g/mol. The maximum atomic E-state index is 12.6. The summed E-state index contributed by atoms with van der Waals surface area (Å²) >= 11 is 11.1. The number of aromatic nitrogens is 2. The van der Waals surface area contributed by atoms with Crippen LogP contribution >= 0.6 is 23.2 Å². The lowest BCUT2D eigenvalue weighted by molar-refractivity contribution is -0.118. The van der Waals surface area contributed by atoms with Crippen LogP contribution in [0.15, 0.2) is 22.7 Å². The highest BCUT2D eigenvalue weighted by molar-refractivity contribution is 6.35. The number of nitrogens with one attached hydrogen (secondary N) is 1. The Labute approximate surface area is 129 Å². The number of amides is 1. The lowest BCUT2D eigenvalue weighted by Gasteiger charge is -2.07. The number of anilines is 1. The number of hydrogen-bond acceptors (Lipinski definition) is 4. The van der Waals surface area contributed by atoms with E-state index in [0.29, 0.717) is 23.2 Å². The van der Waals surface area contributed by atoms with Crippen LogP contribution in [0, 0.1) is 0 Å². The number of nitrogens with zero attached hydrogens (tertiary/aromatic N) is 2. The van der Waals surface area contributed by atoms with Gasteiger partial charge in [0.05, 0.1) is 10.7 Å². The molecule has 1 amide bonds. The normalized spacial score (nSPS) is 15.8. The topological polar surface area (TPSA) is 68.0 Å². The van der Waals surface area contributed by atoms with Gasteiger partial charge >= 0.3 is 0 Å². The molecular weight excluding hydrogens is 320 g/mol. The number of carbonyl (C=O) groups is 1. The zero-order valence-electron chi connectivity index (χ0n) is 10.6. The lowest BCUT2D eigenvalue weighted by Crippen LogP contribution is -2.19. The largest absolute Gasteiger partial charge is 0.334 e. The third-order valence-electron chi connectivity index (χ3n) is 3.06. The van der Waals surface area contributed by atoms with Crippen molar-refractivity contribution in [1.82, 2.24) is 10.1 Å². The molecule has 1 unspecified atom stereocenters. The van der Waals surface area contributed by atoms with Crippen LogP contribution in [0.25, 0.3) is 11.5 Å². The molecule has 110 valence electrons. The number of alkyl halides is 2. The Morgan fingerprint density at radius 1 is 1.48 bits per heavy atom. The molecule has 3 rings (SSSR count). The van der Waals surface area contributed by atoms with E-state index in [2.05, 4.69) is 15.5 Å². The van der Waals surface area contributed by atoms with Crippen molar-refractivity contribution in [1.29, 1.82) is 0 Å². The van der Waals surface area contributed by atoms with E-state index < -0.39 is 11.5 Å². The number of hydrogen-bond donors (Lipinski definition) is 1. The van der Waals surface area contributed by atoms with E-state index >= 15 is 0 Å². The van der Waals surface area contributed by atoms with E-state index in [9.17, 15) is 9.18 Å². The summed E-state index contributed by atoms with van der Waals surface area (Å²) in [5.41, 5.74) is -1.24. The van der Waals surface area contributed by atoms with Gasteiger partial charge in [0, 0.05) is 11.5 Å². The fraction of sp³-hybridized carbons (Fsp3) is 0.308. The number of halogens is 3. The van der Waals surface area contributed by atoms with E-state index in [-0.39, 0.29) is 10.7 Å². The van der Waals surface area contributed by atoms with E-state index in [1.165, 1.54) is 6.07 Å². The van der Waals surface area contributed by atoms with Gasteiger partial charge in [-0.15, -0.1) is 0 Å². The van der Waals surface area contributed by atoms with Gasteiger partial charge in [-0.1, -0.05) is 28.4 Å². The molecule has 1 aliphatic carbocycles. The Hall–Kier alpha value is -1.66. The van der Waals surface area contributed by atoms with Crippen LogP contribution in [0.1, 0.15) is 24.6 Å². The van der Waals surface area contributed by atoms with Gasteiger partial charge in [0.1, 0.15) is 0 Å². The summed E-state index contributed by atoms with van der Waals surface area (Å²) in [5, 5.41) is 6.42. The molecule has 0 aliphatic heterocycles. The minimum Gasteiger partial charge on any atom is -0.334 e. The standard InChI is InChI=1S/C13H10Cl2FN3O2/c14-8-5-7(3-4-9(8)17-12(20)10(15)16)13-18-11(19-21-13)6-1-2-6/h3-6,10H,1-2H2,(H,17,20). The predicted molar refractivity (Wildman–Crippen MR) is 76.1 cm³/mol. The molecule has 0 spiro atoms. The van der Waals surface area contributed by atoms with Gasteiger partial charge in [-0.2, -0.15) is 4.98 Å². The van der Waals surface area contributed by atoms with Crippen LogP contribution < -0.4 is 5.32 Å². The minimum atomic E-state index is -2.13. The molecule has 1 saturated carbocycles. The van der Waals surface area contributed by atoms with Crippen LogP contribution in [0.5, 0.6) is 0 Å². The highest BCUT2D eigenvalue weighted by Gasteiger charge is 2.29. The Kier molecular flexibility index (Phi) is 3.82. The quantitative estimate of drug-likeness (QED) is 0.867. The molecule has 1 fully saturated rings. The van der Waals surface area contributed by atoms with Crippen molar-refractivity contribution < 1.29 is 13.7 Å². The highest BCUT2D eigenvalue weighted by Crippen LogP contribution is 2.39. The van der Waals surface area contributed by atoms with Crippen LogP contribution in [0.3, 0.4) is 0 Å². The van der Waals surface area contributed by atoms with E-state index in [4.69, 9.17) is 27.7 Å². The molecule has 0 radical (unpaired) electrons. The second-order valence-corrected chi connectivity index (χ2v) is 5.51. The fourth-order valence-corrected chi connectivity index (χ4v) is 2.08. The molecule has 1 aromatic heterocycles. The number of benzene rings is 1. The molecule has 0 bridgehead atoms. The second-order valence-electron chi connectivity index (χ2n) is 4.72. The van der Waals surface area contributed by atoms with Crippen LogP contribution in [0.4, 0.5) is 10.1 Å². The summed E-state index contributed by atoms with van der Waals surface area (Å²) in [4.78, 5) is 15.5. The summed E-state index contributed by atoms with van der Waals surface area (Å²) in [6.45, 7) is 0. The third kappa shape index (κ3) is 3.16. The SMILES string of the molecule is O=C(Nc1ccc(-c2nc(C3CC3)no2)cc1Cl)C(F)Cl. The molecule has 1 atom stereocenters. The zero-order valence-corrected chi connectivity index (χ0v) is 12.2. The lowest BCUT2D eigenvalue weighted by atomic mass is 10.2. The third-order valence-corrected chi connectivity index (χ3v) is 3.57. The molecule has 1 N–H and O–H groups in total. The fourth-order valence-electron chi connectivity index (χ4n) is 1.80. The first-order chi connectivity index (χ1) is 10.0. The summed E-state index contributed by atoms with van der Waals surface area (Å²) in [6, 6.07) is 4.73. The van der Waals surface area contributed by atoms with Gasteiger partial charge in [-0.3, -0.25) is 4.79 Å². The van der Waals surface area contributed by atoms with Gasteiger partial charge < -0.3 is 9.84 Å². The van der Waals surface area contributed by atoms with Crippen LogP contribution in [-0.4, -0.2) is 21.7 Å². The molecule has 5 nitrogen and oxygen atoms in total. The van der Waals surface area contributed by atoms with Crippen molar-refractivity contribution in [3.05, 3.63) is 29.0 Å². The van der Waals surface area contributed by atoms with Crippen molar-refractivity contribution in [2.75, 3.05) is 5.32 Å². The van der Waals surface area contributed by atoms with Crippen molar-refractivity contribution in [3.8, 4) is 11.5 Å². The van der Waals surface area contributed by atoms with Gasteiger partial charge in [-0.25, -0.2) is 4.39 Å². The van der Waals surface area contributed by atoms with Crippen molar-refractivity contribution in [3.63, 3.8) is 0 Å². The Bertz CT molecular complexity index is 686. The predicted octanol–water partition coefficient (Wildman–Crippen LogP) is 3.74. The first-order valence-corrected chi connectivity index (χ1v) is 7.08. The van der Waals surface area contributed by atoms with E-state index in [1.54, 1.807) is 12.1 Å². The summed E-state index contributed by atoms with van der Waals surface area (Å²) in [7, 11) is 0. The maximum absolute atomic E-state index is 12.6. The minimum absolute atomic E-state index is 0.226. The first kappa shape index (κ1) is 14.3. The highest BCUT2D eigenvalue weighted by atomic mass is 35.5. The molecule has 2 aromatic rings.